The number of nitrogens with one attached hydrogen (secondary N) is 1. The number of rotatable bonds is 3. The number of ether oxygens (including phenoxy) is 1. The Labute approximate surface area is 181 Å². The third-order valence-electron chi connectivity index (χ3n) is 6.38. The molecule has 2 saturated heterocycles. The highest BCUT2D eigenvalue weighted by molar-refractivity contribution is 5.91. The van der Waals surface area contributed by atoms with Crippen molar-refractivity contribution >= 4 is 22.8 Å². The maximum absolute atomic E-state index is 12.0. The van der Waals surface area contributed by atoms with E-state index in [0.717, 1.165) is 54.0 Å². The molecule has 0 aliphatic carbocycles. The SMILES string of the molecule is CC(=O)N1CCCC(c2cc(N3CCOC[C@H]3C)nc(-c3ccnc4[nH]ccc34)n2)C1. The maximum atomic E-state index is 12.0. The van der Waals surface area contributed by atoms with E-state index in [1.807, 2.05) is 23.2 Å². The van der Waals surface area contributed by atoms with Crippen molar-refractivity contribution in [1.82, 2.24) is 24.8 Å². The standard InChI is InChI=1S/C23H28N6O2/c1-15-14-31-11-10-29(15)21-12-20(17-4-3-9-28(13-17)16(2)30)26-23(27-21)19-6-8-25-22-18(19)5-7-24-22/h5-8,12,15,17H,3-4,9-11,13-14H2,1-2H3,(H,24,25)/t15-,17?/m1/s1. The highest BCUT2D eigenvalue weighted by Crippen LogP contribution is 2.32. The number of aromatic nitrogens is 4. The summed E-state index contributed by atoms with van der Waals surface area (Å²) in [6.45, 7) is 7.53. The molecule has 8 heteroatoms. The molecule has 2 aliphatic rings. The number of piperidine rings is 1. The molecule has 1 unspecified atom stereocenters. The molecular formula is C23H28N6O2. The molecular weight excluding hydrogens is 392 g/mol. The molecule has 0 spiro atoms. The number of H-pyrrole nitrogens is 1. The molecule has 2 fully saturated rings. The van der Waals surface area contributed by atoms with Crippen LogP contribution in [-0.2, 0) is 9.53 Å². The summed E-state index contributed by atoms with van der Waals surface area (Å²) in [7, 11) is 0. The second-order valence-corrected chi connectivity index (χ2v) is 8.49. The van der Waals surface area contributed by atoms with E-state index in [0.29, 0.717) is 25.6 Å². The minimum absolute atomic E-state index is 0.129. The third kappa shape index (κ3) is 3.87. The van der Waals surface area contributed by atoms with E-state index in [4.69, 9.17) is 14.7 Å². The van der Waals surface area contributed by atoms with Gasteiger partial charge in [0.25, 0.3) is 0 Å². The van der Waals surface area contributed by atoms with Gasteiger partial charge in [-0.3, -0.25) is 4.79 Å². The monoisotopic (exact) mass is 420 g/mol. The molecule has 3 aromatic rings. The summed E-state index contributed by atoms with van der Waals surface area (Å²) in [5, 5.41) is 1.01. The fraction of sp³-hybridized carbons (Fsp3) is 0.478. The maximum Gasteiger partial charge on any atom is 0.219 e. The van der Waals surface area contributed by atoms with Crippen LogP contribution in [0.25, 0.3) is 22.4 Å². The van der Waals surface area contributed by atoms with Crippen molar-refractivity contribution in [3.05, 3.63) is 36.3 Å². The zero-order chi connectivity index (χ0) is 21.4. The molecule has 3 aromatic heterocycles. The molecule has 5 heterocycles. The molecule has 0 bridgehead atoms. The second kappa shape index (κ2) is 8.26. The molecule has 162 valence electrons. The van der Waals surface area contributed by atoms with Crippen molar-refractivity contribution in [1.29, 1.82) is 0 Å². The Balaban J connectivity index is 1.60. The predicted octanol–water partition coefficient (Wildman–Crippen LogP) is 2.97. The van der Waals surface area contributed by atoms with Crippen molar-refractivity contribution in [2.45, 2.75) is 38.6 Å². The molecule has 0 aromatic carbocycles. The molecule has 2 aliphatic heterocycles. The first-order valence-electron chi connectivity index (χ1n) is 11.0. The van der Waals surface area contributed by atoms with E-state index >= 15 is 0 Å². The van der Waals surface area contributed by atoms with Crippen LogP contribution in [0, 0.1) is 0 Å². The van der Waals surface area contributed by atoms with Gasteiger partial charge >= 0.3 is 0 Å². The lowest BCUT2D eigenvalue weighted by Crippen LogP contribution is -2.44. The molecule has 0 radical (unpaired) electrons. The Hall–Kier alpha value is -3.00. The molecule has 0 saturated carbocycles. The Bertz CT molecular complexity index is 1100. The normalized spacial score (nSPS) is 22.1. The van der Waals surface area contributed by atoms with Crippen molar-refractivity contribution in [3.8, 4) is 11.4 Å². The van der Waals surface area contributed by atoms with Crippen LogP contribution in [0.5, 0.6) is 0 Å². The number of pyridine rings is 1. The van der Waals surface area contributed by atoms with Gasteiger partial charge in [0.2, 0.25) is 5.91 Å². The number of hydrogen-bond donors (Lipinski definition) is 1. The molecule has 1 amide bonds. The number of carbonyl (C=O) groups excluding carboxylic acids is 1. The summed E-state index contributed by atoms with van der Waals surface area (Å²) in [5.41, 5.74) is 2.80. The average Bonchev–Trinajstić information content (AvgIpc) is 3.28. The van der Waals surface area contributed by atoms with Crippen LogP contribution in [0.1, 0.15) is 38.3 Å². The van der Waals surface area contributed by atoms with Gasteiger partial charge in [-0.25, -0.2) is 15.0 Å². The zero-order valence-electron chi connectivity index (χ0n) is 18.0. The second-order valence-electron chi connectivity index (χ2n) is 8.49. The number of nitrogens with zero attached hydrogens (tertiary/aromatic N) is 5. The Morgan fingerprint density at radius 1 is 1.26 bits per heavy atom. The van der Waals surface area contributed by atoms with Gasteiger partial charge in [-0.2, -0.15) is 0 Å². The Morgan fingerprint density at radius 3 is 3.00 bits per heavy atom. The third-order valence-corrected chi connectivity index (χ3v) is 6.38. The van der Waals surface area contributed by atoms with E-state index < -0.39 is 0 Å². The lowest BCUT2D eigenvalue weighted by Gasteiger charge is -2.35. The number of carbonyl (C=O) groups is 1. The minimum Gasteiger partial charge on any atom is -0.377 e. The van der Waals surface area contributed by atoms with Gasteiger partial charge in [-0.15, -0.1) is 0 Å². The van der Waals surface area contributed by atoms with Gasteiger partial charge in [-0.05, 0) is 31.9 Å². The van der Waals surface area contributed by atoms with Crippen LogP contribution < -0.4 is 4.90 Å². The lowest BCUT2D eigenvalue weighted by molar-refractivity contribution is -0.130. The Morgan fingerprint density at radius 2 is 2.16 bits per heavy atom. The topological polar surface area (TPSA) is 87.2 Å². The van der Waals surface area contributed by atoms with Crippen molar-refractivity contribution in [3.63, 3.8) is 0 Å². The first-order chi connectivity index (χ1) is 15.1. The summed E-state index contributed by atoms with van der Waals surface area (Å²) in [5.74, 6) is 1.97. The lowest BCUT2D eigenvalue weighted by atomic mass is 9.94. The van der Waals surface area contributed by atoms with Gasteiger partial charge in [0, 0.05) is 61.9 Å². The molecule has 5 rings (SSSR count). The number of amides is 1. The van der Waals surface area contributed by atoms with Crippen molar-refractivity contribution < 1.29 is 9.53 Å². The van der Waals surface area contributed by atoms with E-state index in [-0.39, 0.29) is 17.9 Å². The molecule has 2 atom stereocenters. The van der Waals surface area contributed by atoms with Gasteiger partial charge in [0.1, 0.15) is 11.5 Å². The van der Waals surface area contributed by atoms with Crippen LogP contribution in [0.15, 0.2) is 30.6 Å². The van der Waals surface area contributed by atoms with Gasteiger partial charge in [0.15, 0.2) is 5.82 Å². The smallest absolute Gasteiger partial charge is 0.219 e. The number of aromatic amines is 1. The first-order valence-corrected chi connectivity index (χ1v) is 11.0. The summed E-state index contributed by atoms with van der Waals surface area (Å²) >= 11 is 0. The fourth-order valence-corrected chi connectivity index (χ4v) is 4.66. The predicted molar refractivity (Wildman–Crippen MR) is 119 cm³/mol. The van der Waals surface area contributed by atoms with Gasteiger partial charge in [0.05, 0.1) is 24.9 Å². The van der Waals surface area contributed by atoms with Crippen LogP contribution >= 0.6 is 0 Å². The van der Waals surface area contributed by atoms with Gasteiger partial charge in [-0.1, -0.05) is 0 Å². The minimum atomic E-state index is 0.129. The van der Waals surface area contributed by atoms with E-state index in [1.165, 1.54) is 0 Å². The van der Waals surface area contributed by atoms with E-state index in [9.17, 15) is 4.79 Å². The molecule has 31 heavy (non-hydrogen) atoms. The summed E-state index contributed by atoms with van der Waals surface area (Å²) < 4.78 is 5.64. The number of fused-ring (bicyclic) bond motifs is 1. The summed E-state index contributed by atoms with van der Waals surface area (Å²) in [4.78, 5) is 33.8. The first kappa shape index (κ1) is 19.9. The number of likely N-dealkylation sites (tertiary alicyclic amines) is 1. The van der Waals surface area contributed by atoms with Crippen molar-refractivity contribution in [2.24, 2.45) is 0 Å². The molecule has 8 nitrogen and oxygen atoms in total. The summed E-state index contributed by atoms with van der Waals surface area (Å²) in [6.07, 6.45) is 5.69. The van der Waals surface area contributed by atoms with Crippen molar-refractivity contribution in [2.75, 3.05) is 37.7 Å². The Kier molecular flexibility index (Phi) is 5.31. The average molecular weight is 421 g/mol. The number of hydrogen-bond acceptors (Lipinski definition) is 6. The highest BCUT2D eigenvalue weighted by Gasteiger charge is 2.27. The van der Waals surface area contributed by atoms with E-state index in [2.05, 4.69) is 27.9 Å². The van der Waals surface area contributed by atoms with Crippen LogP contribution in [-0.4, -0.2) is 69.6 Å². The van der Waals surface area contributed by atoms with Crippen LogP contribution in [0.2, 0.25) is 0 Å². The number of anilines is 1. The molecule has 1 N–H and O–H groups in total. The quantitative estimate of drug-likeness (QED) is 0.701. The summed E-state index contributed by atoms with van der Waals surface area (Å²) in [6, 6.07) is 6.36. The zero-order valence-corrected chi connectivity index (χ0v) is 18.0. The van der Waals surface area contributed by atoms with Crippen LogP contribution in [0.4, 0.5) is 5.82 Å². The fourth-order valence-electron chi connectivity index (χ4n) is 4.66. The highest BCUT2D eigenvalue weighted by atomic mass is 16.5. The largest absolute Gasteiger partial charge is 0.377 e. The number of morpholine rings is 1. The van der Waals surface area contributed by atoms with E-state index in [1.54, 1.807) is 13.1 Å². The van der Waals surface area contributed by atoms with Crippen LogP contribution in [0.3, 0.4) is 0 Å². The van der Waals surface area contributed by atoms with Gasteiger partial charge < -0.3 is 19.5 Å².